The molecule has 3 nitrogen and oxygen atoms in total. The fraction of sp³-hybridized carbons (Fsp3) is 0.667. The number of methoxy groups -OCH3 is 1. The first-order valence-corrected chi connectivity index (χ1v) is 6.88. The zero-order valence-corrected chi connectivity index (χ0v) is 11.7. The Morgan fingerprint density at radius 3 is 2.72 bits per heavy atom. The molecule has 1 aromatic rings. The van der Waals surface area contributed by atoms with Gasteiger partial charge in [-0.1, -0.05) is 12.8 Å². The number of nitrogens with zero attached hydrogens (tertiary/aromatic N) is 1. The third-order valence-corrected chi connectivity index (χ3v) is 4.17. The van der Waals surface area contributed by atoms with Crippen molar-refractivity contribution in [2.45, 2.75) is 52.0 Å². The van der Waals surface area contributed by atoms with Gasteiger partial charge in [0, 0.05) is 29.1 Å². The lowest BCUT2D eigenvalue weighted by atomic mass is 9.81. The summed E-state index contributed by atoms with van der Waals surface area (Å²) < 4.78 is 5.46. The first kappa shape index (κ1) is 13.3. The molecule has 0 amide bonds. The maximum Gasteiger partial charge on any atom is 0.128 e. The highest BCUT2D eigenvalue weighted by Gasteiger charge is 2.23. The molecule has 2 atom stereocenters. The van der Waals surface area contributed by atoms with Gasteiger partial charge in [-0.2, -0.15) is 0 Å². The van der Waals surface area contributed by atoms with Gasteiger partial charge in [-0.25, -0.2) is 0 Å². The van der Waals surface area contributed by atoms with Gasteiger partial charge in [0.25, 0.3) is 0 Å². The van der Waals surface area contributed by atoms with Crippen LogP contribution in [0.4, 0.5) is 0 Å². The van der Waals surface area contributed by atoms with Crippen molar-refractivity contribution in [1.29, 1.82) is 0 Å². The summed E-state index contributed by atoms with van der Waals surface area (Å²) in [4.78, 5) is 4.58. The van der Waals surface area contributed by atoms with Crippen molar-refractivity contribution in [3.63, 3.8) is 0 Å². The molecule has 18 heavy (non-hydrogen) atoms. The Morgan fingerprint density at radius 2 is 2.06 bits per heavy atom. The van der Waals surface area contributed by atoms with Gasteiger partial charge < -0.3 is 10.5 Å². The zero-order valence-electron chi connectivity index (χ0n) is 11.7. The lowest BCUT2D eigenvalue weighted by Crippen LogP contribution is -2.34. The van der Waals surface area contributed by atoms with Gasteiger partial charge >= 0.3 is 0 Å². The maximum absolute atomic E-state index is 6.22. The molecule has 1 fully saturated rings. The molecule has 1 aliphatic rings. The Bertz CT molecular complexity index is 417. The summed E-state index contributed by atoms with van der Waals surface area (Å²) >= 11 is 0. The second kappa shape index (κ2) is 5.70. The van der Waals surface area contributed by atoms with Gasteiger partial charge in [0.1, 0.15) is 5.75 Å². The summed E-state index contributed by atoms with van der Waals surface area (Å²) in [5, 5.41) is 0. The predicted molar refractivity (Wildman–Crippen MR) is 73.9 cm³/mol. The van der Waals surface area contributed by atoms with Crippen molar-refractivity contribution < 1.29 is 4.74 Å². The molecule has 2 unspecified atom stereocenters. The van der Waals surface area contributed by atoms with Crippen molar-refractivity contribution in [2.75, 3.05) is 7.11 Å². The van der Waals surface area contributed by atoms with Crippen LogP contribution in [-0.4, -0.2) is 18.1 Å². The van der Waals surface area contributed by atoms with Crippen LogP contribution >= 0.6 is 0 Å². The van der Waals surface area contributed by atoms with Crippen LogP contribution in [0.2, 0.25) is 0 Å². The van der Waals surface area contributed by atoms with Crippen molar-refractivity contribution >= 4 is 0 Å². The second-order valence-electron chi connectivity index (χ2n) is 5.46. The third-order valence-electron chi connectivity index (χ3n) is 4.17. The average Bonchev–Trinajstić information content (AvgIpc) is 2.36. The van der Waals surface area contributed by atoms with E-state index in [-0.39, 0.29) is 0 Å². The quantitative estimate of drug-likeness (QED) is 0.894. The molecule has 3 heteroatoms. The van der Waals surface area contributed by atoms with Crippen molar-refractivity contribution in [1.82, 2.24) is 4.98 Å². The summed E-state index contributed by atoms with van der Waals surface area (Å²) in [7, 11) is 1.73. The Labute approximate surface area is 110 Å². The van der Waals surface area contributed by atoms with E-state index in [1.54, 1.807) is 7.11 Å². The van der Waals surface area contributed by atoms with Gasteiger partial charge in [-0.05, 0) is 39.0 Å². The van der Waals surface area contributed by atoms with Gasteiger partial charge in [-0.15, -0.1) is 0 Å². The summed E-state index contributed by atoms with van der Waals surface area (Å²) in [6.45, 7) is 4.14. The van der Waals surface area contributed by atoms with Crippen molar-refractivity contribution in [3.8, 4) is 5.75 Å². The van der Waals surface area contributed by atoms with E-state index < -0.39 is 0 Å². The number of pyridine rings is 1. The van der Waals surface area contributed by atoms with Crippen LogP contribution in [0.5, 0.6) is 5.75 Å². The number of aryl methyl sites for hydroxylation is 1. The van der Waals surface area contributed by atoms with Gasteiger partial charge in [0.15, 0.2) is 0 Å². The molecule has 1 saturated carbocycles. The highest BCUT2D eigenvalue weighted by molar-refractivity contribution is 5.41. The largest absolute Gasteiger partial charge is 0.496 e. The molecule has 1 heterocycles. The van der Waals surface area contributed by atoms with E-state index in [2.05, 4.69) is 11.9 Å². The standard InChI is InChI=1S/C15H24N2O/c1-10-9-17-14(11(2)15(10)18-3)8-12-6-4-5-7-13(12)16/h9,12-13H,4-8,16H2,1-3H3. The number of aromatic nitrogens is 1. The van der Waals surface area contributed by atoms with E-state index >= 15 is 0 Å². The molecule has 0 aliphatic heterocycles. The molecule has 1 aromatic heterocycles. The number of ether oxygens (including phenoxy) is 1. The van der Waals surface area contributed by atoms with Crippen molar-refractivity contribution in [2.24, 2.45) is 11.7 Å². The molecule has 0 spiro atoms. The van der Waals surface area contributed by atoms with E-state index in [0.29, 0.717) is 12.0 Å². The lowest BCUT2D eigenvalue weighted by Gasteiger charge is -2.28. The van der Waals surface area contributed by atoms with E-state index in [1.165, 1.54) is 24.8 Å². The number of rotatable bonds is 3. The van der Waals surface area contributed by atoms with Crippen LogP contribution < -0.4 is 10.5 Å². The van der Waals surface area contributed by atoms with Crippen LogP contribution in [0.3, 0.4) is 0 Å². The molecule has 2 N–H and O–H groups in total. The molecule has 100 valence electrons. The van der Waals surface area contributed by atoms with Crippen LogP contribution in [0.25, 0.3) is 0 Å². The molecule has 0 radical (unpaired) electrons. The minimum Gasteiger partial charge on any atom is -0.496 e. The topological polar surface area (TPSA) is 48.1 Å². The van der Waals surface area contributed by atoms with E-state index in [1.807, 2.05) is 13.1 Å². The number of nitrogens with two attached hydrogens (primary N) is 1. The van der Waals surface area contributed by atoms with Crippen LogP contribution in [0, 0.1) is 19.8 Å². The van der Waals surface area contributed by atoms with Gasteiger partial charge in [0.05, 0.1) is 7.11 Å². The Balaban J connectivity index is 2.18. The maximum atomic E-state index is 6.22. The third kappa shape index (κ3) is 2.66. The Hall–Kier alpha value is -1.09. The minimum absolute atomic E-state index is 0.340. The fourth-order valence-corrected chi connectivity index (χ4v) is 3.02. The SMILES string of the molecule is COc1c(C)cnc(CC2CCCCC2N)c1C. The lowest BCUT2D eigenvalue weighted by molar-refractivity contribution is 0.303. The molecular formula is C15H24N2O. The molecular weight excluding hydrogens is 224 g/mol. The first-order chi connectivity index (χ1) is 8.63. The predicted octanol–water partition coefficient (Wildman–Crippen LogP) is 2.77. The molecule has 0 saturated heterocycles. The highest BCUT2D eigenvalue weighted by Crippen LogP contribution is 2.30. The van der Waals surface area contributed by atoms with E-state index in [4.69, 9.17) is 10.5 Å². The molecule has 0 bridgehead atoms. The van der Waals surface area contributed by atoms with Gasteiger partial charge in [-0.3, -0.25) is 4.98 Å². The van der Waals surface area contributed by atoms with E-state index in [0.717, 1.165) is 29.8 Å². The molecule has 1 aliphatic carbocycles. The number of hydrogen-bond acceptors (Lipinski definition) is 3. The second-order valence-corrected chi connectivity index (χ2v) is 5.46. The summed E-state index contributed by atoms with van der Waals surface area (Å²) in [6.07, 6.45) is 7.88. The molecule has 0 aromatic carbocycles. The monoisotopic (exact) mass is 248 g/mol. The smallest absolute Gasteiger partial charge is 0.128 e. The van der Waals surface area contributed by atoms with Crippen LogP contribution in [0.1, 0.15) is 42.5 Å². The minimum atomic E-state index is 0.340. The van der Waals surface area contributed by atoms with Crippen molar-refractivity contribution in [3.05, 3.63) is 23.0 Å². The summed E-state index contributed by atoms with van der Waals surface area (Å²) in [5.74, 6) is 1.56. The molecule has 2 rings (SSSR count). The normalized spacial score (nSPS) is 24.0. The van der Waals surface area contributed by atoms with Crippen LogP contribution in [-0.2, 0) is 6.42 Å². The zero-order chi connectivity index (χ0) is 13.1. The average molecular weight is 248 g/mol. The summed E-state index contributed by atoms with van der Waals surface area (Å²) in [6, 6.07) is 0.340. The first-order valence-electron chi connectivity index (χ1n) is 6.88. The number of hydrogen-bond donors (Lipinski definition) is 1. The van der Waals surface area contributed by atoms with Gasteiger partial charge in [0.2, 0.25) is 0 Å². The van der Waals surface area contributed by atoms with Crippen LogP contribution in [0.15, 0.2) is 6.20 Å². The Kier molecular flexibility index (Phi) is 4.23. The highest BCUT2D eigenvalue weighted by atomic mass is 16.5. The summed E-state index contributed by atoms with van der Waals surface area (Å²) in [5.41, 5.74) is 9.65. The Morgan fingerprint density at radius 1 is 1.33 bits per heavy atom. The fourth-order valence-electron chi connectivity index (χ4n) is 3.02. The van der Waals surface area contributed by atoms with E-state index in [9.17, 15) is 0 Å².